The molecule has 0 spiro atoms. The first-order chi connectivity index (χ1) is 6.03. The Kier molecular flexibility index (Phi) is 3.02. The van der Waals surface area contributed by atoms with Crippen LogP contribution in [0.15, 0.2) is 10.6 Å². The lowest BCUT2D eigenvalue weighted by atomic mass is 10.4. The predicted molar refractivity (Wildman–Crippen MR) is 44.0 cm³/mol. The molecule has 0 radical (unpaired) electrons. The second-order valence-corrected chi connectivity index (χ2v) is 4.16. The predicted octanol–water partition coefficient (Wildman–Crippen LogP) is -0.0362. The number of rotatable bonds is 4. The van der Waals surface area contributed by atoms with E-state index in [9.17, 15) is 8.42 Å². The maximum absolute atomic E-state index is 11.1. The molecule has 0 saturated carbocycles. The van der Waals surface area contributed by atoms with Crippen molar-refractivity contribution < 1.29 is 17.8 Å². The van der Waals surface area contributed by atoms with Crippen LogP contribution in [0.1, 0.15) is 11.5 Å². The van der Waals surface area contributed by atoms with Crippen molar-refractivity contribution in [2.45, 2.75) is 12.7 Å². The average Bonchev–Trinajstić information content (AvgIpc) is 2.34. The third-order valence-corrected chi connectivity index (χ3v) is 2.32. The molecule has 0 aliphatic heterocycles. The lowest BCUT2D eigenvalue weighted by Gasteiger charge is -1.99. The first kappa shape index (κ1) is 10.2. The molecule has 0 atom stereocenters. The lowest BCUT2D eigenvalue weighted by molar-refractivity contribution is 0.153. The zero-order valence-electron chi connectivity index (χ0n) is 7.27. The van der Waals surface area contributed by atoms with Crippen LogP contribution in [-0.2, 0) is 20.6 Å². The molecule has 1 heterocycles. The Morgan fingerprint density at radius 1 is 1.69 bits per heavy atom. The Hall–Kier alpha value is -0.920. The van der Waals surface area contributed by atoms with E-state index in [-0.39, 0.29) is 5.75 Å². The first-order valence-electron chi connectivity index (χ1n) is 3.48. The van der Waals surface area contributed by atoms with Gasteiger partial charge >= 0.3 is 0 Å². The Bertz CT molecular complexity index is 370. The highest BCUT2D eigenvalue weighted by molar-refractivity contribution is 7.88. The van der Waals surface area contributed by atoms with Crippen LogP contribution >= 0.6 is 0 Å². The van der Waals surface area contributed by atoms with Gasteiger partial charge in [0.1, 0.15) is 17.2 Å². The minimum Gasteiger partial charge on any atom is -0.361 e. The third kappa shape index (κ3) is 3.13. The number of sulfonamides is 1. The molecule has 0 aliphatic rings. The van der Waals surface area contributed by atoms with E-state index in [0.717, 1.165) is 0 Å². The quantitative estimate of drug-likeness (QED) is 0.699. The number of nitrogens with zero attached hydrogens (tertiary/aromatic N) is 1. The van der Waals surface area contributed by atoms with Crippen molar-refractivity contribution >= 4 is 10.0 Å². The van der Waals surface area contributed by atoms with Gasteiger partial charge in [0.25, 0.3) is 0 Å². The van der Waals surface area contributed by atoms with Crippen molar-refractivity contribution in [3.8, 4) is 0 Å². The molecule has 0 amide bonds. The van der Waals surface area contributed by atoms with E-state index in [1.54, 1.807) is 13.0 Å². The molecule has 6 nitrogen and oxygen atoms in total. The second-order valence-electron chi connectivity index (χ2n) is 2.48. The summed E-state index contributed by atoms with van der Waals surface area (Å²) < 4.78 is 26.9. The minimum absolute atomic E-state index is 0.252. The van der Waals surface area contributed by atoms with Crippen molar-refractivity contribution in [1.82, 2.24) is 10.0 Å². The normalized spacial score (nSPS) is 11.8. The van der Waals surface area contributed by atoms with Crippen molar-refractivity contribution in [3.63, 3.8) is 0 Å². The Labute approximate surface area is 75.9 Å². The fraction of sp³-hybridized carbons (Fsp3) is 0.500. The fourth-order valence-electron chi connectivity index (χ4n) is 0.837. The monoisotopic (exact) mass is 206 g/mol. The van der Waals surface area contributed by atoms with E-state index < -0.39 is 10.0 Å². The van der Waals surface area contributed by atoms with Crippen LogP contribution in [0, 0.1) is 6.92 Å². The van der Waals surface area contributed by atoms with Crippen LogP contribution < -0.4 is 4.89 Å². The van der Waals surface area contributed by atoms with Crippen molar-refractivity contribution in [2.75, 3.05) is 7.11 Å². The molecule has 0 fully saturated rings. The number of aryl methyl sites for hydroxylation is 1. The van der Waals surface area contributed by atoms with Crippen molar-refractivity contribution in [2.24, 2.45) is 0 Å². The molecule has 1 N–H and O–H groups in total. The molecule has 0 bridgehead atoms. The van der Waals surface area contributed by atoms with Gasteiger partial charge in [-0.25, -0.2) is 8.42 Å². The largest absolute Gasteiger partial charge is 0.361 e. The van der Waals surface area contributed by atoms with Gasteiger partial charge in [0.2, 0.25) is 10.0 Å². The summed E-state index contributed by atoms with van der Waals surface area (Å²) in [6.07, 6.45) is 0. The van der Waals surface area contributed by atoms with E-state index in [2.05, 4.69) is 9.99 Å². The van der Waals surface area contributed by atoms with Gasteiger partial charge < -0.3 is 4.52 Å². The zero-order valence-corrected chi connectivity index (χ0v) is 8.09. The lowest BCUT2D eigenvalue weighted by Crippen LogP contribution is -2.23. The number of hydrogen-bond acceptors (Lipinski definition) is 5. The molecular weight excluding hydrogens is 196 g/mol. The molecule has 13 heavy (non-hydrogen) atoms. The van der Waals surface area contributed by atoms with E-state index in [0.29, 0.717) is 11.5 Å². The highest BCUT2D eigenvalue weighted by Crippen LogP contribution is 2.05. The van der Waals surface area contributed by atoms with Gasteiger partial charge in [0.15, 0.2) is 0 Å². The fourth-order valence-corrected chi connectivity index (χ4v) is 1.68. The van der Waals surface area contributed by atoms with Gasteiger partial charge in [-0.3, -0.25) is 4.84 Å². The smallest absolute Gasteiger partial charge is 0.239 e. The van der Waals surface area contributed by atoms with Crippen molar-refractivity contribution in [3.05, 3.63) is 17.5 Å². The standard InChI is InChI=1S/C6H10N2O4S/c1-5-3-6(7-12-5)4-13(9,10)8-11-2/h3,8H,4H2,1-2H3. The van der Waals surface area contributed by atoms with Crippen LogP contribution in [0.3, 0.4) is 0 Å². The van der Waals surface area contributed by atoms with Gasteiger partial charge in [-0.1, -0.05) is 10.0 Å². The molecule has 7 heteroatoms. The molecular formula is C6H10N2O4S. The molecule has 74 valence electrons. The van der Waals surface area contributed by atoms with E-state index in [1.807, 2.05) is 4.89 Å². The van der Waals surface area contributed by atoms with Gasteiger partial charge in [0, 0.05) is 6.07 Å². The summed E-state index contributed by atoms with van der Waals surface area (Å²) in [5.74, 6) is 0.320. The molecule has 0 unspecified atom stereocenters. The van der Waals surface area contributed by atoms with Crippen LogP contribution in [-0.4, -0.2) is 20.7 Å². The molecule has 0 saturated heterocycles. The minimum atomic E-state index is -3.47. The molecule has 1 rings (SSSR count). The molecule has 1 aromatic rings. The van der Waals surface area contributed by atoms with Crippen LogP contribution in [0.25, 0.3) is 0 Å². The Morgan fingerprint density at radius 3 is 2.85 bits per heavy atom. The van der Waals surface area contributed by atoms with E-state index in [1.165, 1.54) is 7.11 Å². The summed E-state index contributed by atoms with van der Waals surface area (Å²) in [6.45, 7) is 1.69. The van der Waals surface area contributed by atoms with Gasteiger partial charge in [-0.2, -0.15) is 0 Å². The van der Waals surface area contributed by atoms with Gasteiger partial charge in [-0.05, 0) is 6.92 Å². The summed E-state index contributed by atoms with van der Waals surface area (Å²) in [5, 5.41) is 3.53. The highest BCUT2D eigenvalue weighted by atomic mass is 32.2. The maximum Gasteiger partial charge on any atom is 0.239 e. The Balaban J connectivity index is 2.69. The van der Waals surface area contributed by atoms with Gasteiger partial charge in [0.05, 0.1) is 7.11 Å². The SMILES string of the molecule is CONS(=O)(=O)Cc1cc(C)on1. The third-order valence-electron chi connectivity index (χ3n) is 1.22. The van der Waals surface area contributed by atoms with Gasteiger partial charge in [-0.15, -0.1) is 0 Å². The number of nitrogens with one attached hydrogen (secondary N) is 1. The maximum atomic E-state index is 11.1. The summed E-state index contributed by atoms with van der Waals surface area (Å²) in [6, 6.07) is 1.55. The first-order valence-corrected chi connectivity index (χ1v) is 5.13. The molecule has 1 aromatic heterocycles. The Morgan fingerprint density at radius 2 is 2.38 bits per heavy atom. The summed E-state index contributed by atoms with van der Waals surface area (Å²) >= 11 is 0. The molecule has 0 aliphatic carbocycles. The summed E-state index contributed by atoms with van der Waals surface area (Å²) in [4.78, 5) is 6.16. The topological polar surface area (TPSA) is 81.4 Å². The number of hydrogen-bond donors (Lipinski definition) is 1. The molecule has 0 aromatic carbocycles. The van der Waals surface area contributed by atoms with Crippen LogP contribution in [0.4, 0.5) is 0 Å². The van der Waals surface area contributed by atoms with Crippen LogP contribution in [0.2, 0.25) is 0 Å². The summed E-state index contributed by atoms with van der Waals surface area (Å²) in [7, 11) is -2.24. The number of aromatic nitrogens is 1. The highest BCUT2D eigenvalue weighted by Gasteiger charge is 2.13. The zero-order chi connectivity index (χ0) is 9.90. The average molecular weight is 206 g/mol. The van der Waals surface area contributed by atoms with Crippen LogP contribution in [0.5, 0.6) is 0 Å². The second kappa shape index (κ2) is 3.86. The van der Waals surface area contributed by atoms with E-state index >= 15 is 0 Å². The summed E-state index contributed by atoms with van der Waals surface area (Å²) in [5.41, 5.74) is 0.349. The van der Waals surface area contributed by atoms with E-state index in [4.69, 9.17) is 4.52 Å². The van der Waals surface area contributed by atoms with Crippen molar-refractivity contribution in [1.29, 1.82) is 0 Å².